The van der Waals surface area contributed by atoms with Crippen LogP contribution in [0.3, 0.4) is 0 Å². The highest BCUT2D eigenvalue weighted by Crippen LogP contribution is 2.36. The lowest BCUT2D eigenvalue weighted by atomic mass is 10.1. The van der Waals surface area contributed by atoms with E-state index in [1.54, 1.807) is 0 Å². The third kappa shape index (κ3) is 3.58. The molecule has 1 unspecified atom stereocenters. The Hall–Kier alpha value is -1.32. The second kappa shape index (κ2) is 5.34. The van der Waals surface area contributed by atoms with Crippen LogP contribution >= 0.6 is 0 Å². The molecular formula is C13H21N3O. The van der Waals surface area contributed by atoms with E-state index in [0.29, 0.717) is 24.4 Å². The number of nitrogens with zero attached hydrogens (tertiary/aromatic N) is 2. The molecule has 1 atom stereocenters. The lowest BCUT2D eigenvalue weighted by Crippen LogP contribution is -2.15. The number of rotatable bonds is 6. The van der Waals surface area contributed by atoms with Gasteiger partial charge in [-0.3, -0.25) is 0 Å². The molecule has 17 heavy (non-hydrogen) atoms. The summed E-state index contributed by atoms with van der Waals surface area (Å²) < 4.78 is 5.40. The zero-order chi connectivity index (χ0) is 12.3. The number of ether oxygens (including phenoxy) is 1. The highest BCUT2D eigenvalue weighted by molar-refractivity contribution is 5.30. The van der Waals surface area contributed by atoms with Crippen molar-refractivity contribution < 1.29 is 4.74 Å². The maximum Gasteiger partial charge on any atom is 0.226 e. The first-order valence-electron chi connectivity index (χ1n) is 6.41. The number of hydrogen-bond donors (Lipinski definition) is 1. The van der Waals surface area contributed by atoms with Crippen LogP contribution in [0.4, 0.5) is 5.95 Å². The molecule has 0 amide bonds. The third-order valence-electron chi connectivity index (χ3n) is 3.13. The smallest absolute Gasteiger partial charge is 0.226 e. The van der Waals surface area contributed by atoms with Crippen molar-refractivity contribution in [2.24, 2.45) is 11.8 Å². The molecule has 0 aromatic carbocycles. The van der Waals surface area contributed by atoms with Crippen LogP contribution in [0.5, 0.6) is 5.88 Å². The van der Waals surface area contributed by atoms with E-state index >= 15 is 0 Å². The van der Waals surface area contributed by atoms with E-state index in [9.17, 15) is 0 Å². The minimum atomic E-state index is 0.633. The predicted octanol–water partition coefficient (Wildman–Crippen LogP) is 2.64. The molecule has 1 aliphatic rings. The van der Waals surface area contributed by atoms with Crippen LogP contribution in [0.25, 0.3) is 0 Å². The zero-order valence-electron chi connectivity index (χ0n) is 10.9. The van der Waals surface area contributed by atoms with Crippen molar-refractivity contribution in [1.29, 1.82) is 0 Å². The van der Waals surface area contributed by atoms with E-state index in [2.05, 4.69) is 22.2 Å². The van der Waals surface area contributed by atoms with Gasteiger partial charge in [0.2, 0.25) is 11.8 Å². The lowest BCUT2D eigenvalue weighted by molar-refractivity contribution is 0.326. The van der Waals surface area contributed by atoms with E-state index in [0.717, 1.165) is 18.2 Å². The predicted molar refractivity (Wildman–Crippen MR) is 68.3 cm³/mol. The molecule has 0 saturated heterocycles. The Morgan fingerprint density at radius 2 is 2.24 bits per heavy atom. The van der Waals surface area contributed by atoms with Crippen LogP contribution < -0.4 is 10.1 Å². The SMILES string of the molecule is CCOc1cc(C)nc(NCC(C)C2CC2)n1. The number of aromatic nitrogens is 2. The van der Waals surface area contributed by atoms with Crippen molar-refractivity contribution in [1.82, 2.24) is 9.97 Å². The summed E-state index contributed by atoms with van der Waals surface area (Å²) in [6.45, 7) is 7.78. The summed E-state index contributed by atoms with van der Waals surface area (Å²) in [5, 5.41) is 3.30. The van der Waals surface area contributed by atoms with Gasteiger partial charge in [0.25, 0.3) is 0 Å². The number of nitrogens with one attached hydrogen (secondary N) is 1. The van der Waals surface area contributed by atoms with Gasteiger partial charge in [-0.1, -0.05) is 6.92 Å². The van der Waals surface area contributed by atoms with Gasteiger partial charge in [-0.25, -0.2) is 4.98 Å². The molecule has 1 saturated carbocycles. The number of hydrogen-bond acceptors (Lipinski definition) is 4. The molecule has 1 aliphatic carbocycles. The van der Waals surface area contributed by atoms with Crippen LogP contribution in [0, 0.1) is 18.8 Å². The molecular weight excluding hydrogens is 214 g/mol. The molecule has 0 spiro atoms. The van der Waals surface area contributed by atoms with Gasteiger partial charge >= 0.3 is 0 Å². The molecule has 1 N–H and O–H groups in total. The zero-order valence-corrected chi connectivity index (χ0v) is 10.9. The Labute approximate surface area is 103 Å². The minimum Gasteiger partial charge on any atom is -0.478 e. The second-order valence-electron chi connectivity index (χ2n) is 4.80. The number of anilines is 1. The summed E-state index contributed by atoms with van der Waals surface area (Å²) in [4.78, 5) is 8.70. The maximum absolute atomic E-state index is 5.40. The van der Waals surface area contributed by atoms with Gasteiger partial charge in [0, 0.05) is 18.3 Å². The van der Waals surface area contributed by atoms with Gasteiger partial charge in [-0.15, -0.1) is 0 Å². The topological polar surface area (TPSA) is 47.0 Å². The minimum absolute atomic E-state index is 0.633. The summed E-state index contributed by atoms with van der Waals surface area (Å²) in [5.41, 5.74) is 0.935. The summed E-state index contributed by atoms with van der Waals surface area (Å²) >= 11 is 0. The van der Waals surface area contributed by atoms with Gasteiger partial charge in [-0.05, 0) is 38.5 Å². The molecule has 0 bridgehead atoms. The van der Waals surface area contributed by atoms with E-state index in [4.69, 9.17) is 4.74 Å². The van der Waals surface area contributed by atoms with Crippen LogP contribution in [0.2, 0.25) is 0 Å². The first-order chi connectivity index (χ1) is 8.19. The molecule has 0 radical (unpaired) electrons. The van der Waals surface area contributed by atoms with Gasteiger partial charge in [0.15, 0.2) is 0 Å². The molecule has 4 nitrogen and oxygen atoms in total. The third-order valence-corrected chi connectivity index (χ3v) is 3.13. The Balaban J connectivity index is 1.94. The highest BCUT2D eigenvalue weighted by atomic mass is 16.5. The van der Waals surface area contributed by atoms with Gasteiger partial charge in [-0.2, -0.15) is 4.98 Å². The summed E-state index contributed by atoms with van der Waals surface area (Å²) in [6.07, 6.45) is 2.75. The van der Waals surface area contributed by atoms with Crippen LogP contribution in [-0.2, 0) is 0 Å². The summed E-state index contributed by atoms with van der Waals surface area (Å²) in [6, 6.07) is 1.86. The standard InChI is InChI=1S/C13H21N3O/c1-4-17-12-7-10(3)15-13(16-12)14-8-9(2)11-5-6-11/h7,9,11H,4-6,8H2,1-3H3,(H,14,15,16). The highest BCUT2D eigenvalue weighted by Gasteiger charge is 2.27. The quantitative estimate of drug-likeness (QED) is 0.823. The Morgan fingerprint density at radius 3 is 2.88 bits per heavy atom. The average Bonchev–Trinajstić information content (AvgIpc) is 3.09. The van der Waals surface area contributed by atoms with Gasteiger partial charge < -0.3 is 10.1 Å². The van der Waals surface area contributed by atoms with E-state index in [1.165, 1.54) is 12.8 Å². The fraction of sp³-hybridized carbons (Fsp3) is 0.692. The summed E-state index contributed by atoms with van der Waals surface area (Å²) in [7, 11) is 0. The van der Waals surface area contributed by atoms with Gasteiger partial charge in [0.1, 0.15) is 0 Å². The lowest BCUT2D eigenvalue weighted by Gasteiger charge is -2.12. The van der Waals surface area contributed by atoms with Crippen molar-refractivity contribution in [3.8, 4) is 5.88 Å². The first-order valence-corrected chi connectivity index (χ1v) is 6.41. The van der Waals surface area contributed by atoms with Crippen LogP contribution in [0.1, 0.15) is 32.4 Å². The number of aryl methyl sites for hydroxylation is 1. The van der Waals surface area contributed by atoms with Gasteiger partial charge in [0.05, 0.1) is 6.61 Å². The Kier molecular flexibility index (Phi) is 3.82. The van der Waals surface area contributed by atoms with E-state index < -0.39 is 0 Å². The van der Waals surface area contributed by atoms with E-state index in [1.807, 2.05) is 19.9 Å². The van der Waals surface area contributed by atoms with Crippen molar-refractivity contribution >= 4 is 5.95 Å². The molecule has 1 fully saturated rings. The Bertz CT molecular complexity index is 377. The summed E-state index contributed by atoms with van der Waals surface area (Å²) in [5.74, 6) is 2.94. The van der Waals surface area contributed by atoms with Crippen LogP contribution in [0.15, 0.2) is 6.07 Å². The molecule has 94 valence electrons. The first kappa shape index (κ1) is 12.1. The van der Waals surface area contributed by atoms with E-state index in [-0.39, 0.29) is 0 Å². The monoisotopic (exact) mass is 235 g/mol. The van der Waals surface area contributed by atoms with Crippen molar-refractivity contribution in [3.63, 3.8) is 0 Å². The van der Waals surface area contributed by atoms with Crippen LogP contribution in [-0.4, -0.2) is 23.1 Å². The molecule has 2 rings (SSSR count). The fourth-order valence-electron chi connectivity index (χ4n) is 1.92. The second-order valence-corrected chi connectivity index (χ2v) is 4.80. The molecule has 1 heterocycles. The fourth-order valence-corrected chi connectivity index (χ4v) is 1.92. The Morgan fingerprint density at radius 1 is 1.47 bits per heavy atom. The maximum atomic E-state index is 5.40. The largest absolute Gasteiger partial charge is 0.478 e. The van der Waals surface area contributed by atoms with Crippen molar-refractivity contribution in [3.05, 3.63) is 11.8 Å². The average molecular weight is 235 g/mol. The molecule has 1 aromatic heterocycles. The molecule has 0 aliphatic heterocycles. The normalized spacial score (nSPS) is 16.6. The molecule has 1 aromatic rings. The van der Waals surface area contributed by atoms with Crippen molar-refractivity contribution in [2.45, 2.75) is 33.6 Å². The van der Waals surface area contributed by atoms with Crippen molar-refractivity contribution in [2.75, 3.05) is 18.5 Å². The molecule has 4 heteroatoms.